The third kappa shape index (κ3) is 4.50. The van der Waals surface area contributed by atoms with Crippen LogP contribution in [0, 0.1) is 0 Å². The van der Waals surface area contributed by atoms with E-state index in [1.165, 1.54) is 5.56 Å². The summed E-state index contributed by atoms with van der Waals surface area (Å²) in [6, 6.07) is 16.3. The zero-order valence-electron chi connectivity index (χ0n) is 12.7. The van der Waals surface area contributed by atoms with Gasteiger partial charge in [0.25, 0.3) is 0 Å². The maximum Gasteiger partial charge on any atom is 0.161 e. The average molecular weight is 285 g/mol. The highest BCUT2D eigenvalue weighted by atomic mass is 16.5. The molecule has 2 rings (SSSR count). The first kappa shape index (κ1) is 15.4. The van der Waals surface area contributed by atoms with E-state index in [0.717, 1.165) is 29.9 Å². The summed E-state index contributed by atoms with van der Waals surface area (Å²) in [5.74, 6) is 1.52. The van der Waals surface area contributed by atoms with E-state index in [4.69, 9.17) is 15.2 Å². The number of methoxy groups -OCH3 is 1. The van der Waals surface area contributed by atoms with Crippen molar-refractivity contribution in [3.63, 3.8) is 0 Å². The molecule has 0 bridgehead atoms. The third-order valence-corrected chi connectivity index (χ3v) is 3.49. The maximum atomic E-state index is 6.02. The Morgan fingerprint density at radius 1 is 1.00 bits per heavy atom. The lowest BCUT2D eigenvalue weighted by Crippen LogP contribution is -2.21. The van der Waals surface area contributed by atoms with Gasteiger partial charge in [-0.05, 0) is 36.1 Å². The van der Waals surface area contributed by atoms with Gasteiger partial charge < -0.3 is 15.2 Å². The predicted molar refractivity (Wildman–Crippen MR) is 85.7 cm³/mol. The van der Waals surface area contributed by atoms with E-state index < -0.39 is 0 Å². The van der Waals surface area contributed by atoms with Gasteiger partial charge >= 0.3 is 0 Å². The van der Waals surface area contributed by atoms with Crippen LogP contribution in [0.4, 0.5) is 0 Å². The Hall–Kier alpha value is -2.00. The molecule has 2 aromatic rings. The van der Waals surface area contributed by atoms with Gasteiger partial charge in [-0.25, -0.2) is 0 Å². The normalized spacial score (nSPS) is 12.0. The molecule has 2 N–H and O–H groups in total. The van der Waals surface area contributed by atoms with Crippen LogP contribution in [0.3, 0.4) is 0 Å². The van der Waals surface area contributed by atoms with Crippen LogP contribution in [0.2, 0.25) is 0 Å². The minimum absolute atomic E-state index is 0.181. The summed E-state index contributed by atoms with van der Waals surface area (Å²) in [6.45, 7) is 2.63. The van der Waals surface area contributed by atoms with E-state index in [1.807, 2.05) is 48.5 Å². The molecule has 0 aliphatic rings. The van der Waals surface area contributed by atoms with E-state index in [2.05, 4.69) is 6.92 Å². The zero-order chi connectivity index (χ0) is 15.1. The quantitative estimate of drug-likeness (QED) is 0.846. The van der Waals surface area contributed by atoms with Gasteiger partial charge in [0.1, 0.15) is 6.61 Å². The SMILES string of the molecule is CC[C@H](N)Cc1ccc(OC)c(OCc2ccccc2)c1. The van der Waals surface area contributed by atoms with Gasteiger partial charge in [-0.2, -0.15) is 0 Å². The van der Waals surface area contributed by atoms with Gasteiger partial charge in [-0.15, -0.1) is 0 Å². The molecule has 3 nitrogen and oxygen atoms in total. The fraction of sp³-hybridized carbons (Fsp3) is 0.333. The number of ether oxygens (including phenoxy) is 2. The molecular weight excluding hydrogens is 262 g/mol. The Bertz CT molecular complexity index is 554. The Labute approximate surface area is 126 Å². The standard InChI is InChI=1S/C18H23NO2/c1-3-16(19)11-15-9-10-17(20-2)18(12-15)21-13-14-7-5-4-6-8-14/h4-10,12,16H,3,11,13,19H2,1-2H3/t16-/m0/s1. The number of hydrogen-bond acceptors (Lipinski definition) is 3. The lowest BCUT2D eigenvalue weighted by atomic mass is 10.0. The Morgan fingerprint density at radius 2 is 1.76 bits per heavy atom. The van der Waals surface area contributed by atoms with Crippen molar-refractivity contribution in [1.29, 1.82) is 0 Å². The largest absolute Gasteiger partial charge is 0.493 e. The number of hydrogen-bond donors (Lipinski definition) is 1. The fourth-order valence-corrected chi connectivity index (χ4v) is 2.14. The van der Waals surface area contributed by atoms with Crippen LogP contribution in [-0.2, 0) is 13.0 Å². The molecule has 3 heteroatoms. The third-order valence-electron chi connectivity index (χ3n) is 3.49. The number of nitrogens with two attached hydrogens (primary N) is 1. The average Bonchev–Trinajstić information content (AvgIpc) is 2.54. The zero-order valence-corrected chi connectivity index (χ0v) is 12.7. The predicted octanol–water partition coefficient (Wildman–Crippen LogP) is 3.55. The molecule has 0 fully saturated rings. The smallest absolute Gasteiger partial charge is 0.161 e. The van der Waals surface area contributed by atoms with Crippen molar-refractivity contribution in [1.82, 2.24) is 0 Å². The summed E-state index contributed by atoms with van der Waals surface area (Å²) in [5, 5.41) is 0. The Morgan fingerprint density at radius 3 is 2.43 bits per heavy atom. The molecular formula is C18H23NO2. The molecule has 0 saturated carbocycles. The van der Waals surface area contributed by atoms with E-state index in [1.54, 1.807) is 7.11 Å². The highest BCUT2D eigenvalue weighted by Gasteiger charge is 2.08. The summed E-state index contributed by atoms with van der Waals surface area (Å²) >= 11 is 0. The van der Waals surface area contributed by atoms with Crippen molar-refractivity contribution >= 4 is 0 Å². The van der Waals surface area contributed by atoms with Crippen LogP contribution in [0.25, 0.3) is 0 Å². The van der Waals surface area contributed by atoms with Gasteiger partial charge in [0.15, 0.2) is 11.5 Å². The summed E-state index contributed by atoms with van der Waals surface area (Å²) in [4.78, 5) is 0. The lowest BCUT2D eigenvalue weighted by Gasteiger charge is -2.14. The number of benzene rings is 2. The molecule has 0 heterocycles. The first-order valence-corrected chi connectivity index (χ1v) is 7.32. The first-order chi connectivity index (χ1) is 10.2. The van der Waals surface area contributed by atoms with Crippen molar-refractivity contribution in [2.45, 2.75) is 32.4 Å². The molecule has 112 valence electrons. The summed E-state index contributed by atoms with van der Waals surface area (Å²) in [6.07, 6.45) is 1.81. The van der Waals surface area contributed by atoms with Crippen molar-refractivity contribution in [3.8, 4) is 11.5 Å². The molecule has 0 amide bonds. The van der Waals surface area contributed by atoms with Gasteiger partial charge in [-0.1, -0.05) is 43.3 Å². The topological polar surface area (TPSA) is 44.5 Å². The van der Waals surface area contributed by atoms with Gasteiger partial charge in [-0.3, -0.25) is 0 Å². The second-order valence-electron chi connectivity index (χ2n) is 5.13. The van der Waals surface area contributed by atoms with E-state index in [0.29, 0.717) is 6.61 Å². The highest BCUT2D eigenvalue weighted by molar-refractivity contribution is 5.43. The van der Waals surface area contributed by atoms with Gasteiger partial charge in [0.05, 0.1) is 7.11 Å². The number of rotatable bonds is 7. The summed E-state index contributed by atoms with van der Waals surface area (Å²) in [7, 11) is 1.65. The Balaban J connectivity index is 2.10. The van der Waals surface area contributed by atoms with E-state index in [-0.39, 0.29) is 6.04 Å². The minimum atomic E-state index is 0.181. The molecule has 1 atom stereocenters. The van der Waals surface area contributed by atoms with Crippen molar-refractivity contribution in [3.05, 3.63) is 59.7 Å². The van der Waals surface area contributed by atoms with Crippen LogP contribution < -0.4 is 15.2 Å². The van der Waals surface area contributed by atoms with Crippen molar-refractivity contribution in [2.75, 3.05) is 7.11 Å². The molecule has 0 radical (unpaired) electrons. The maximum absolute atomic E-state index is 6.02. The van der Waals surface area contributed by atoms with Gasteiger partial charge in [0, 0.05) is 6.04 Å². The Kier molecular flexibility index (Phi) is 5.64. The first-order valence-electron chi connectivity index (χ1n) is 7.32. The molecule has 0 aliphatic heterocycles. The highest BCUT2D eigenvalue weighted by Crippen LogP contribution is 2.29. The summed E-state index contributed by atoms with van der Waals surface area (Å²) in [5.41, 5.74) is 8.33. The molecule has 0 unspecified atom stereocenters. The second kappa shape index (κ2) is 7.70. The fourth-order valence-electron chi connectivity index (χ4n) is 2.14. The van der Waals surface area contributed by atoms with Crippen LogP contribution in [0.1, 0.15) is 24.5 Å². The molecule has 0 spiro atoms. The van der Waals surface area contributed by atoms with Crippen LogP contribution in [0.5, 0.6) is 11.5 Å². The molecule has 21 heavy (non-hydrogen) atoms. The molecule has 2 aromatic carbocycles. The van der Waals surface area contributed by atoms with Crippen LogP contribution in [-0.4, -0.2) is 13.2 Å². The van der Waals surface area contributed by atoms with E-state index >= 15 is 0 Å². The minimum Gasteiger partial charge on any atom is -0.493 e. The summed E-state index contributed by atoms with van der Waals surface area (Å²) < 4.78 is 11.3. The molecule has 0 aliphatic carbocycles. The van der Waals surface area contributed by atoms with Crippen molar-refractivity contribution < 1.29 is 9.47 Å². The lowest BCUT2D eigenvalue weighted by molar-refractivity contribution is 0.284. The monoisotopic (exact) mass is 285 g/mol. The van der Waals surface area contributed by atoms with Gasteiger partial charge in [0.2, 0.25) is 0 Å². The van der Waals surface area contributed by atoms with Crippen molar-refractivity contribution in [2.24, 2.45) is 5.73 Å². The molecule has 0 saturated heterocycles. The van der Waals surface area contributed by atoms with Crippen LogP contribution in [0.15, 0.2) is 48.5 Å². The molecule has 0 aromatic heterocycles. The van der Waals surface area contributed by atoms with Crippen LogP contribution >= 0.6 is 0 Å². The van der Waals surface area contributed by atoms with E-state index in [9.17, 15) is 0 Å². The second-order valence-corrected chi connectivity index (χ2v) is 5.13.